The molecule has 2 N–H and O–H groups in total. The fraction of sp³-hybridized carbons (Fsp3) is 0.917. The van der Waals surface area contributed by atoms with Crippen LogP contribution in [0.1, 0.15) is 33.1 Å². The molecule has 1 heterocycles. The highest BCUT2D eigenvalue weighted by atomic mass is 32.2. The van der Waals surface area contributed by atoms with E-state index in [2.05, 4.69) is 24.5 Å². The van der Waals surface area contributed by atoms with Gasteiger partial charge in [-0.2, -0.15) is 11.8 Å². The molecule has 1 rings (SSSR count). The summed E-state index contributed by atoms with van der Waals surface area (Å²) in [5.41, 5.74) is 0. The second-order valence-electron chi connectivity index (χ2n) is 4.44. The van der Waals surface area contributed by atoms with Crippen LogP contribution in [0, 0.1) is 5.92 Å². The Labute approximate surface area is 103 Å². The van der Waals surface area contributed by atoms with Crippen molar-refractivity contribution >= 4 is 17.7 Å². The van der Waals surface area contributed by atoms with E-state index in [1.807, 2.05) is 11.8 Å². The lowest BCUT2D eigenvalue weighted by Gasteiger charge is -2.24. The molecule has 16 heavy (non-hydrogen) atoms. The molecule has 94 valence electrons. The maximum atomic E-state index is 11.9. The number of hydrogen-bond acceptors (Lipinski definition) is 3. The number of nitrogens with one attached hydrogen (secondary N) is 2. The van der Waals surface area contributed by atoms with E-state index in [1.165, 1.54) is 0 Å². The standard InChI is InChI=1S/C12H24N2OS/c1-3-16-8-6-10(2)14-12(15)11-5-4-7-13-9-11/h10-11,13H,3-9H2,1-2H3,(H,14,15)/t10?,11-/m1/s1. The molecule has 0 saturated carbocycles. The van der Waals surface area contributed by atoms with E-state index in [4.69, 9.17) is 0 Å². The lowest BCUT2D eigenvalue weighted by molar-refractivity contribution is -0.126. The second kappa shape index (κ2) is 7.96. The van der Waals surface area contributed by atoms with Gasteiger partial charge in [-0.25, -0.2) is 0 Å². The van der Waals surface area contributed by atoms with Gasteiger partial charge in [0.2, 0.25) is 5.91 Å². The maximum Gasteiger partial charge on any atom is 0.224 e. The number of amides is 1. The molecule has 0 aromatic carbocycles. The van der Waals surface area contributed by atoms with Crippen molar-refractivity contribution < 1.29 is 4.79 Å². The van der Waals surface area contributed by atoms with E-state index in [9.17, 15) is 4.79 Å². The maximum absolute atomic E-state index is 11.9. The van der Waals surface area contributed by atoms with Crippen LogP contribution in [-0.2, 0) is 4.79 Å². The van der Waals surface area contributed by atoms with Gasteiger partial charge in [-0.3, -0.25) is 4.79 Å². The second-order valence-corrected chi connectivity index (χ2v) is 5.83. The lowest BCUT2D eigenvalue weighted by atomic mass is 9.98. The summed E-state index contributed by atoms with van der Waals surface area (Å²) >= 11 is 1.94. The normalized spacial score (nSPS) is 22.8. The van der Waals surface area contributed by atoms with E-state index in [0.29, 0.717) is 6.04 Å². The monoisotopic (exact) mass is 244 g/mol. The third-order valence-electron chi connectivity index (χ3n) is 2.96. The highest BCUT2D eigenvalue weighted by Gasteiger charge is 2.21. The van der Waals surface area contributed by atoms with Crippen LogP contribution in [0.3, 0.4) is 0 Å². The van der Waals surface area contributed by atoms with Crippen LogP contribution in [0.25, 0.3) is 0 Å². The third-order valence-corrected chi connectivity index (χ3v) is 3.89. The van der Waals surface area contributed by atoms with Crippen molar-refractivity contribution in [1.82, 2.24) is 10.6 Å². The molecule has 2 atom stereocenters. The molecular weight excluding hydrogens is 220 g/mol. The van der Waals surface area contributed by atoms with E-state index in [0.717, 1.165) is 43.9 Å². The number of hydrogen-bond donors (Lipinski definition) is 2. The van der Waals surface area contributed by atoms with Crippen LogP contribution in [0.4, 0.5) is 0 Å². The quantitative estimate of drug-likeness (QED) is 0.698. The highest BCUT2D eigenvalue weighted by molar-refractivity contribution is 7.99. The Hall–Kier alpha value is -0.220. The summed E-state index contributed by atoms with van der Waals surface area (Å²) in [6.45, 7) is 6.18. The van der Waals surface area contributed by atoms with Crippen molar-refractivity contribution in [3.05, 3.63) is 0 Å². The summed E-state index contributed by atoms with van der Waals surface area (Å²) in [6.07, 6.45) is 3.23. The molecule has 1 aliphatic rings. The molecule has 1 aliphatic heterocycles. The first-order chi connectivity index (χ1) is 7.74. The minimum absolute atomic E-state index is 0.190. The lowest BCUT2D eigenvalue weighted by Crippen LogP contribution is -2.43. The first-order valence-electron chi connectivity index (χ1n) is 6.33. The fourth-order valence-corrected chi connectivity index (χ4v) is 2.72. The van der Waals surface area contributed by atoms with Gasteiger partial charge in [-0.05, 0) is 44.2 Å². The molecule has 0 aromatic heterocycles. The van der Waals surface area contributed by atoms with Crippen LogP contribution in [0.15, 0.2) is 0 Å². The third kappa shape index (κ3) is 5.21. The summed E-state index contributed by atoms with van der Waals surface area (Å²) in [7, 11) is 0. The van der Waals surface area contributed by atoms with Crippen molar-refractivity contribution in [3.63, 3.8) is 0 Å². The van der Waals surface area contributed by atoms with Crippen LogP contribution < -0.4 is 10.6 Å². The Morgan fingerprint density at radius 1 is 1.62 bits per heavy atom. The van der Waals surface area contributed by atoms with Gasteiger partial charge in [0, 0.05) is 12.6 Å². The van der Waals surface area contributed by atoms with Crippen LogP contribution >= 0.6 is 11.8 Å². The van der Waals surface area contributed by atoms with E-state index in [1.54, 1.807) is 0 Å². The smallest absolute Gasteiger partial charge is 0.224 e. The molecule has 1 amide bonds. The Morgan fingerprint density at radius 3 is 3.06 bits per heavy atom. The summed E-state index contributed by atoms with van der Waals surface area (Å²) in [4.78, 5) is 11.9. The Bertz CT molecular complexity index is 205. The summed E-state index contributed by atoms with van der Waals surface area (Å²) in [5.74, 6) is 2.73. The van der Waals surface area contributed by atoms with Crippen molar-refractivity contribution in [1.29, 1.82) is 0 Å². The minimum atomic E-state index is 0.190. The number of piperidine rings is 1. The minimum Gasteiger partial charge on any atom is -0.353 e. The Balaban J connectivity index is 2.16. The molecule has 0 bridgehead atoms. The zero-order chi connectivity index (χ0) is 11.8. The van der Waals surface area contributed by atoms with E-state index >= 15 is 0 Å². The largest absolute Gasteiger partial charge is 0.353 e. The number of rotatable bonds is 6. The number of carbonyl (C=O) groups excluding carboxylic acids is 1. The fourth-order valence-electron chi connectivity index (χ4n) is 1.91. The SMILES string of the molecule is CCSCCC(C)NC(=O)[C@@H]1CCCNC1. The molecule has 4 heteroatoms. The van der Waals surface area contributed by atoms with Crippen molar-refractivity contribution in [2.45, 2.75) is 39.2 Å². The average Bonchev–Trinajstić information content (AvgIpc) is 2.30. The molecule has 0 radical (unpaired) electrons. The zero-order valence-electron chi connectivity index (χ0n) is 10.4. The molecule has 1 fully saturated rings. The number of carbonyl (C=O) groups is 1. The van der Waals surface area contributed by atoms with Gasteiger partial charge in [-0.15, -0.1) is 0 Å². The van der Waals surface area contributed by atoms with Gasteiger partial charge < -0.3 is 10.6 Å². The summed E-state index contributed by atoms with van der Waals surface area (Å²) in [5, 5.41) is 6.39. The van der Waals surface area contributed by atoms with Gasteiger partial charge in [0.05, 0.1) is 5.92 Å². The first-order valence-corrected chi connectivity index (χ1v) is 7.48. The van der Waals surface area contributed by atoms with Crippen LogP contribution in [0.2, 0.25) is 0 Å². The highest BCUT2D eigenvalue weighted by Crippen LogP contribution is 2.11. The van der Waals surface area contributed by atoms with Gasteiger partial charge in [-0.1, -0.05) is 6.92 Å². The van der Waals surface area contributed by atoms with Crippen LogP contribution in [0.5, 0.6) is 0 Å². The van der Waals surface area contributed by atoms with E-state index in [-0.39, 0.29) is 11.8 Å². The Morgan fingerprint density at radius 2 is 2.44 bits per heavy atom. The summed E-state index contributed by atoms with van der Waals surface area (Å²) < 4.78 is 0. The molecule has 0 aliphatic carbocycles. The predicted octanol–water partition coefficient (Wildman–Crippen LogP) is 1.63. The zero-order valence-corrected chi connectivity index (χ0v) is 11.2. The molecule has 3 nitrogen and oxygen atoms in total. The Kier molecular flexibility index (Phi) is 6.88. The van der Waals surface area contributed by atoms with Crippen molar-refractivity contribution in [3.8, 4) is 0 Å². The molecule has 1 unspecified atom stereocenters. The molecular formula is C12H24N2OS. The van der Waals surface area contributed by atoms with Gasteiger partial charge in [0.1, 0.15) is 0 Å². The average molecular weight is 244 g/mol. The molecule has 1 saturated heterocycles. The van der Waals surface area contributed by atoms with Gasteiger partial charge in [0.15, 0.2) is 0 Å². The van der Waals surface area contributed by atoms with Gasteiger partial charge >= 0.3 is 0 Å². The topological polar surface area (TPSA) is 41.1 Å². The molecule has 0 aromatic rings. The van der Waals surface area contributed by atoms with Gasteiger partial charge in [0.25, 0.3) is 0 Å². The van der Waals surface area contributed by atoms with Crippen molar-refractivity contribution in [2.24, 2.45) is 5.92 Å². The summed E-state index contributed by atoms with van der Waals surface area (Å²) in [6, 6.07) is 0.313. The van der Waals surface area contributed by atoms with E-state index < -0.39 is 0 Å². The van der Waals surface area contributed by atoms with Crippen molar-refractivity contribution in [2.75, 3.05) is 24.6 Å². The van der Waals surface area contributed by atoms with Crippen LogP contribution in [-0.4, -0.2) is 36.5 Å². The predicted molar refractivity (Wildman–Crippen MR) is 70.8 cm³/mol. The first kappa shape index (κ1) is 13.8. The molecule has 0 spiro atoms. The number of thioether (sulfide) groups is 1.